The zero-order valence-corrected chi connectivity index (χ0v) is 19.0. The van der Waals surface area contributed by atoms with Gasteiger partial charge in [0.1, 0.15) is 0 Å². The van der Waals surface area contributed by atoms with Gasteiger partial charge in [-0.25, -0.2) is 9.59 Å². The monoisotopic (exact) mass is 458 g/mol. The van der Waals surface area contributed by atoms with Crippen LogP contribution in [0.25, 0.3) is 20.2 Å². The van der Waals surface area contributed by atoms with Gasteiger partial charge in [-0.2, -0.15) is 0 Å². The summed E-state index contributed by atoms with van der Waals surface area (Å²) in [7, 11) is 0. The molecule has 0 aliphatic heterocycles. The molecule has 0 atom stereocenters. The van der Waals surface area contributed by atoms with E-state index >= 15 is 0 Å². The first-order valence-corrected chi connectivity index (χ1v) is 11.7. The summed E-state index contributed by atoms with van der Waals surface area (Å²) in [4.78, 5) is 27.8. The van der Waals surface area contributed by atoms with Crippen molar-refractivity contribution in [1.29, 1.82) is 0 Å². The second-order valence-corrected chi connectivity index (χ2v) is 9.88. The number of hydrogen-bond donors (Lipinski definition) is 0. The highest BCUT2D eigenvalue weighted by molar-refractivity contribution is 7.21. The zero-order valence-electron chi connectivity index (χ0n) is 17.4. The topological polar surface area (TPSA) is 52.6 Å². The SMILES string of the molecule is Cc1cc2c(OC(=O)c3ccccc3)c3sc(C)cc3c(OC(=O)c3ccccc3)c2s1. The first kappa shape index (κ1) is 20.4. The van der Waals surface area contributed by atoms with Gasteiger partial charge in [0.2, 0.25) is 0 Å². The first-order chi connectivity index (χ1) is 15.5. The fourth-order valence-corrected chi connectivity index (χ4v) is 5.61. The molecule has 0 spiro atoms. The Morgan fingerprint density at radius 3 is 1.38 bits per heavy atom. The van der Waals surface area contributed by atoms with Crippen molar-refractivity contribution in [3.63, 3.8) is 0 Å². The maximum atomic E-state index is 12.9. The molecule has 0 saturated carbocycles. The number of carbonyl (C=O) groups excluding carboxylic acids is 2. The number of hydrogen-bond acceptors (Lipinski definition) is 6. The average Bonchev–Trinajstić information content (AvgIpc) is 3.39. The third-order valence-electron chi connectivity index (χ3n) is 5.02. The lowest BCUT2D eigenvalue weighted by Gasteiger charge is -2.12. The van der Waals surface area contributed by atoms with E-state index < -0.39 is 11.9 Å². The molecule has 0 saturated heterocycles. The van der Waals surface area contributed by atoms with Crippen LogP contribution in [-0.2, 0) is 0 Å². The Morgan fingerprint density at radius 2 is 1.00 bits per heavy atom. The minimum Gasteiger partial charge on any atom is -0.421 e. The summed E-state index contributed by atoms with van der Waals surface area (Å²) in [5, 5.41) is 1.53. The number of aryl methyl sites for hydroxylation is 2. The van der Waals surface area contributed by atoms with E-state index in [-0.39, 0.29) is 0 Å². The molecule has 3 aromatic carbocycles. The smallest absolute Gasteiger partial charge is 0.343 e. The standard InChI is InChI=1S/C26H18O4S2/c1-15-13-19-21(29-25(27)17-9-5-3-6-10-17)24-20(14-16(2)32-24)22(23(19)31-15)30-26(28)18-11-7-4-8-12-18/h3-14H,1-2H3. The van der Waals surface area contributed by atoms with Crippen molar-refractivity contribution in [2.75, 3.05) is 0 Å². The first-order valence-electron chi connectivity index (χ1n) is 10.0. The van der Waals surface area contributed by atoms with Crippen molar-refractivity contribution >= 4 is 54.8 Å². The second-order valence-electron chi connectivity index (χ2n) is 7.37. The minimum atomic E-state index is -0.419. The van der Waals surface area contributed by atoms with Crippen LogP contribution in [0.4, 0.5) is 0 Å². The lowest BCUT2D eigenvalue weighted by atomic mass is 10.1. The summed E-state index contributed by atoms with van der Waals surface area (Å²) in [6.45, 7) is 3.96. The van der Waals surface area contributed by atoms with Crippen LogP contribution in [0.2, 0.25) is 0 Å². The molecule has 158 valence electrons. The molecule has 0 aliphatic rings. The maximum Gasteiger partial charge on any atom is 0.343 e. The van der Waals surface area contributed by atoms with Crippen molar-refractivity contribution in [2.24, 2.45) is 0 Å². The molecule has 0 aliphatic carbocycles. The largest absolute Gasteiger partial charge is 0.421 e. The van der Waals surface area contributed by atoms with Crippen molar-refractivity contribution in [3.8, 4) is 11.5 Å². The molecular weight excluding hydrogens is 440 g/mol. The third-order valence-corrected chi connectivity index (χ3v) is 7.12. The van der Waals surface area contributed by atoms with Gasteiger partial charge in [0, 0.05) is 20.5 Å². The number of rotatable bonds is 4. The van der Waals surface area contributed by atoms with Gasteiger partial charge < -0.3 is 9.47 Å². The molecule has 2 heterocycles. The summed E-state index contributed by atoms with van der Waals surface area (Å²) in [5.74, 6) is 0.172. The van der Waals surface area contributed by atoms with Crippen LogP contribution in [0.3, 0.4) is 0 Å². The number of thiophene rings is 2. The quantitative estimate of drug-likeness (QED) is 0.212. The van der Waals surface area contributed by atoms with Crippen LogP contribution in [0.5, 0.6) is 11.5 Å². The number of fused-ring (bicyclic) bond motifs is 2. The van der Waals surface area contributed by atoms with Gasteiger partial charge in [-0.3, -0.25) is 0 Å². The Balaban J connectivity index is 1.67. The lowest BCUT2D eigenvalue weighted by molar-refractivity contribution is 0.0727. The summed E-state index contributed by atoms with van der Waals surface area (Å²) in [6, 6.07) is 21.8. The van der Waals surface area contributed by atoms with Gasteiger partial charge >= 0.3 is 11.9 Å². The van der Waals surface area contributed by atoms with E-state index in [4.69, 9.17) is 9.47 Å². The third kappa shape index (κ3) is 3.68. The molecule has 5 aromatic rings. The van der Waals surface area contributed by atoms with Crippen LogP contribution >= 0.6 is 22.7 Å². The Kier molecular flexibility index (Phi) is 5.25. The van der Waals surface area contributed by atoms with Crippen LogP contribution in [0.15, 0.2) is 72.8 Å². The highest BCUT2D eigenvalue weighted by atomic mass is 32.1. The Hall–Kier alpha value is -3.48. The van der Waals surface area contributed by atoms with E-state index in [0.717, 1.165) is 29.9 Å². The van der Waals surface area contributed by atoms with E-state index in [0.29, 0.717) is 22.6 Å². The number of carbonyl (C=O) groups is 2. The minimum absolute atomic E-state index is 0.419. The Labute approximate surface area is 192 Å². The summed E-state index contributed by atoms with van der Waals surface area (Å²) in [6.07, 6.45) is 0. The van der Waals surface area contributed by atoms with Crippen LogP contribution in [0, 0.1) is 13.8 Å². The summed E-state index contributed by atoms with van der Waals surface area (Å²) in [5.41, 5.74) is 0.960. The number of esters is 2. The van der Waals surface area contributed by atoms with E-state index in [9.17, 15) is 9.59 Å². The molecule has 0 amide bonds. The Bertz CT molecular complexity index is 1300. The van der Waals surface area contributed by atoms with E-state index in [1.807, 2.05) is 38.1 Å². The molecule has 32 heavy (non-hydrogen) atoms. The molecule has 0 radical (unpaired) electrons. The number of benzene rings is 3. The molecule has 0 unspecified atom stereocenters. The van der Waals surface area contributed by atoms with Crippen LogP contribution < -0.4 is 9.47 Å². The van der Waals surface area contributed by atoms with Gasteiger partial charge in [-0.05, 0) is 50.2 Å². The van der Waals surface area contributed by atoms with Crippen LogP contribution in [0.1, 0.15) is 30.5 Å². The molecule has 0 bridgehead atoms. The highest BCUT2D eigenvalue weighted by Gasteiger charge is 2.24. The average molecular weight is 459 g/mol. The van der Waals surface area contributed by atoms with Crippen molar-refractivity contribution in [2.45, 2.75) is 13.8 Å². The predicted octanol–water partition coefficient (Wildman–Crippen LogP) is 7.17. The molecule has 0 N–H and O–H groups in total. The van der Waals surface area contributed by atoms with E-state index in [2.05, 4.69) is 0 Å². The fourth-order valence-electron chi connectivity index (χ4n) is 3.60. The van der Waals surface area contributed by atoms with Crippen molar-refractivity contribution < 1.29 is 19.1 Å². The van der Waals surface area contributed by atoms with Gasteiger partial charge in [-0.1, -0.05) is 36.4 Å². The molecule has 2 aromatic heterocycles. The zero-order chi connectivity index (χ0) is 22.2. The second kappa shape index (κ2) is 8.22. The van der Waals surface area contributed by atoms with Gasteiger partial charge in [0.05, 0.1) is 20.5 Å². The Morgan fingerprint density at radius 1 is 0.625 bits per heavy atom. The van der Waals surface area contributed by atoms with Gasteiger partial charge in [0.25, 0.3) is 0 Å². The predicted molar refractivity (Wildman–Crippen MR) is 129 cm³/mol. The fraction of sp³-hybridized carbons (Fsp3) is 0.0769. The molecule has 4 nitrogen and oxygen atoms in total. The van der Waals surface area contributed by atoms with Gasteiger partial charge in [0.15, 0.2) is 11.5 Å². The highest BCUT2D eigenvalue weighted by Crippen LogP contribution is 2.49. The molecular formula is C26H18O4S2. The van der Waals surface area contributed by atoms with Crippen LogP contribution in [-0.4, -0.2) is 11.9 Å². The normalized spacial score (nSPS) is 11.1. The molecule has 6 heteroatoms. The summed E-state index contributed by atoms with van der Waals surface area (Å²) >= 11 is 3.03. The van der Waals surface area contributed by atoms with Crippen molar-refractivity contribution in [3.05, 3.63) is 93.7 Å². The van der Waals surface area contributed by atoms with E-state index in [1.165, 1.54) is 22.7 Å². The molecule has 0 fully saturated rings. The maximum absolute atomic E-state index is 12.9. The van der Waals surface area contributed by atoms with Crippen molar-refractivity contribution in [1.82, 2.24) is 0 Å². The van der Waals surface area contributed by atoms with Gasteiger partial charge in [-0.15, -0.1) is 22.7 Å². The van der Waals surface area contributed by atoms with E-state index in [1.54, 1.807) is 48.5 Å². The number of ether oxygens (including phenoxy) is 2. The summed E-state index contributed by atoms with van der Waals surface area (Å²) < 4.78 is 13.4. The lowest BCUT2D eigenvalue weighted by Crippen LogP contribution is -2.10. The molecule has 5 rings (SSSR count).